The molecule has 0 fully saturated rings. The zero-order chi connectivity index (χ0) is 16.1. The van der Waals surface area contributed by atoms with E-state index in [0.717, 1.165) is 16.7 Å². The largest absolute Gasteiger partial charge is 0.481 e. The summed E-state index contributed by atoms with van der Waals surface area (Å²) in [5, 5.41) is 8.98. The van der Waals surface area contributed by atoms with E-state index in [1.165, 1.54) is 0 Å². The van der Waals surface area contributed by atoms with E-state index in [9.17, 15) is 4.79 Å². The molecule has 4 nitrogen and oxygen atoms in total. The van der Waals surface area contributed by atoms with Crippen LogP contribution in [0.15, 0.2) is 36.4 Å². The molecule has 0 heterocycles. The molecule has 22 heavy (non-hydrogen) atoms. The molecule has 2 aromatic carbocycles. The van der Waals surface area contributed by atoms with Gasteiger partial charge in [-0.15, -0.1) is 0 Å². The Hall–Kier alpha value is -2.80. The number of aryl methyl sites for hydroxylation is 2. The second-order valence-electron chi connectivity index (χ2n) is 5.02. The van der Waals surface area contributed by atoms with Gasteiger partial charge in [0.05, 0.1) is 5.56 Å². The highest BCUT2D eigenvalue weighted by atomic mass is 16.6. The molecule has 0 saturated carbocycles. The fraction of sp³-hybridized carbons (Fsp3) is 0.222. The summed E-state index contributed by atoms with van der Waals surface area (Å²) >= 11 is 0. The van der Waals surface area contributed by atoms with Gasteiger partial charge in [0.15, 0.2) is 6.61 Å². The topological polar surface area (TPSA) is 59.3 Å². The number of nitriles is 1. The summed E-state index contributed by atoms with van der Waals surface area (Å²) < 4.78 is 10.8. The smallest absolute Gasteiger partial charge is 0.349 e. The van der Waals surface area contributed by atoms with E-state index >= 15 is 0 Å². The van der Waals surface area contributed by atoms with Crippen LogP contribution < -0.4 is 9.47 Å². The molecule has 0 aliphatic rings. The Morgan fingerprint density at radius 2 is 1.77 bits per heavy atom. The molecule has 4 heteroatoms. The third-order valence-electron chi connectivity index (χ3n) is 3.44. The second kappa shape index (κ2) is 6.77. The number of carbonyl (C=O) groups excluding carboxylic acids is 1. The van der Waals surface area contributed by atoms with Gasteiger partial charge in [-0.2, -0.15) is 5.26 Å². The zero-order valence-electron chi connectivity index (χ0n) is 12.8. The molecule has 0 unspecified atom stereocenters. The van der Waals surface area contributed by atoms with Crippen LogP contribution in [-0.4, -0.2) is 12.6 Å². The maximum atomic E-state index is 12.0. The van der Waals surface area contributed by atoms with Gasteiger partial charge in [-0.05, 0) is 49.6 Å². The number of nitrogens with zero attached hydrogens (tertiary/aromatic N) is 1. The van der Waals surface area contributed by atoms with E-state index in [4.69, 9.17) is 14.7 Å². The van der Waals surface area contributed by atoms with Crippen LogP contribution in [-0.2, 0) is 4.79 Å². The summed E-state index contributed by atoms with van der Waals surface area (Å²) in [5.74, 6) is 0.450. The fourth-order valence-electron chi connectivity index (χ4n) is 2.05. The van der Waals surface area contributed by atoms with E-state index in [2.05, 4.69) is 0 Å². The van der Waals surface area contributed by atoms with Crippen LogP contribution in [0, 0.1) is 32.1 Å². The van der Waals surface area contributed by atoms with E-state index < -0.39 is 5.97 Å². The molecule has 0 amide bonds. The highest BCUT2D eigenvalue weighted by molar-refractivity contribution is 5.75. The van der Waals surface area contributed by atoms with Crippen molar-refractivity contribution >= 4 is 5.97 Å². The molecule has 0 saturated heterocycles. The van der Waals surface area contributed by atoms with Gasteiger partial charge in [-0.3, -0.25) is 0 Å². The van der Waals surface area contributed by atoms with Gasteiger partial charge in [0.2, 0.25) is 0 Å². The summed E-state index contributed by atoms with van der Waals surface area (Å²) in [7, 11) is 0. The van der Waals surface area contributed by atoms with Gasteiger partial charge < -0.3 is 9.47 Å². The van der Waals surface area contributed by atoms with Gasteiger partial charge in [0.1, 0.15) is 17.6 Å². The number of esters is 1. The number of carbonyl (C=O) groups is 1. The maximum Gasteiger partial charge on any atom is 0.349 e. The Morgan fingerprint density at radius 1 is 1.09 bits per heavy atom. The molecule has 0 radical (unpaired) electrons. The lowest BCUT2D eigenvalue weighted by Crippen LogP contribution is -2.19. The molecule has 0 aromatic heterocycles. The Balaban J connectivity index is 2.06. The van der Waals surface area contributed by atoms with Crippen LogP contribution in [0.3, 0.4) is 0 Å². The van der Waals surface area contributed by atoms with Gasteiger partial charge in [-0.1, -0.05) is 24.3 Å². The third kappa shape index (κ3) is 3.44. The van der Waals surface area contributed by atoms with E-state index in [1.54, 1.807) is 24.3 Å². The molecule has 0 atom stereocenters. The minimum absolute atomic E-state index is 0.245. The normalized spacial score (nSPS) is 9.91. The molecule has 0 spiro atoms. The number of ether oxygens (including phenoxy) is 2. The lowest BCUT2D eigenvalue weighted by atomic mass is 10.1. The Morgan fingerprint density at radius 3 is 2.50 bits per heavy atom. The van der Waals surface area contributed by atoms with Crippen LogP contribution in [0.4, 0.5) is 0 Å². The average Bonchev–Trinajstić information content (AvgIpc) is 2.53. The predicted octanol–water partition coefficient (Wildman–Crippen LogP) is 3.47. The Labute approximate surface area is 129 Å². The first-order chi connectivity index (χ1) is 10.5. The molecule has 0 aliphatic heterocycles. The van der Waals surface area contributed by atoms with Crippen molar-refractivity contribution in [3.05, 3.63) is 58.7 Å². The van der Waals surface area contributed by atoms with Crippen molar-refractivity contribution in [2.75, 3.05) is 6.61 Å². The highest BCUT2D eigenvalue weighted by Gasteiger charge is 2.13. The second-order valence-corrected chi connectivity index (χ2v) is 5.02. The average molecular weight is 295 g/mol. The Bertz CT molecular complexity index is 744. The lowest BCUT2D eigenvalue weighted by Gasteiger charge is -2.13. The van der Waals surface area contributed by atoms with Crippen LogP contribution in [0.25, 0.3) is 0 Å². The van der Waals surface area contributed by atoms with Crippen LogP contribution in [0.1, 0.15) is 22.3 Å². The number of hydrogen-bond acceptors (Lipinski definition) is 4. The first kappa shape index (κ1) is 15.6. The molecule has 2 rings (SSSR count). The van der Waals surface area contributed by atoms with Crippen molar-refractivity contribution in [1.82, 2.24) is 0 Å². The summed E-state index contributed by atoms with van der Waals surface area (Å²) in [4.78, 5) is 12.0. The van der Waals surface area contributed by atoms with Crippen molar-refractivity contribution in [2.24, 2.45) is 0 Å². The van der Waals surface area contributed by atoms with Gasteiger partial charge in [0.25, 0.3) is 0 Å². The molecule has 2 aromatic rings. The van der Waals surface area contributed by atoms with Crippen molar-refractivity contribution in [1.29, 1.82) is 5.26 Å². The molecule has 112 valence electrons. The van der Waals surface area contributed by atoms with Gasteiger partial charge in [-0.25, -0.2) is 4.79 Å². The Kier molecular flexibility index (Phi) is 4.80. The summed E-state index contributed by atoms with van der Waals surface area (Å²) in [5.41, 5.74) is 3.28. The van der Waals surface area contributed by atoms with Crippen molar-refractivity contribution in [3.63, 3.8) is 0 Å². The molecule has 0 aliphatic carbocycles. The standard InChI is InChI=1S/C18H17NO3/c1-12-8-9-13(2)18(14(12)3)22-17(20)11-21-16-7-5-4-6-15(16)10-19/h4-9H,11H2,1-3H3. The highest BCUT2D eigenvalue weighted by Crippen LogP contribution is 2.26. The lowest BCUT2D eigenvalue weighted by molar-refractivity contribution is -0.136. The van der Waals surface area contributed by atoms with Crippen molar-refractivity contribution in [3.8, 4) is 17.6 Å². The molecular formula is C18H17NO3. The van der Waals surface area contributed by atoms with Crippen molar-refractivity contribution in [2.45, 2.75) is 20.8 Å². The number of para-hydroxylation sites is 1. The quantitative estimate of drug-likeness (QED) is 0.640. The monoisotopic (exact) mass is 295 g/mol. The minimum Gasteiger partial charge on any atom is -0.481 e. The maximum absolute atomic E-state index is 12.0. The number of hydrogen-bond donors (Lipinski definition) is 0. The minimum atomic E-state index is -0.496. The number of benzene rings is 2. The zero-order valence-corrected chi connectivity index (χ0v) is 12.8. The summed E-state index contributed by atoms with van der Waals surface area (Å²) in [6.07, 6.45) is 0. The number of rotatable bonds is 4. The van der Waals surface area contributed by atoms with Crippen LogP contribution in [0.5, 0.6) is 11.5 Å². The van der Waals surface area contributed by atoms with E-state index in [-0.39, 0.29) is 6.61 Å². The summed E-state index contributed by atoms with van der Waals surface area (Å²) in [6.45, 7) is 5.52. The third-order valence-corrected chi connectivity index (χ3v) is 3.44. The SMILES string of the molecule is Cc1ccc(C)c(OC(=O)COc2ccccc2C#N)c1C. The first-order valence-corrected chi connectivity index (χ1v) is 6.92. The van der Waals surface area contributed by atoms with Gasteiger partial charge >= 0.3 is 5.97 Å². The summed E-state index contributed by atoms with van der Waals surface area (Å²) in [6, 6.07) is 12.7. The first-order valence-electron chi connectivity index (χ1n) is 6.92. The predicted molar refractivity (Wildman–Crippen MR) is 82.9 cm³/mol. The van der Waals surface area contributed by atoms with Crippen LogP contribution in [0.2, 0.25) is 0 Å². The van der Waals surface area contributed by atoms with E-state index in [1.807, 2.05) is 39.0 Å². The fourth-order valence-corrected chi connectivity index (χ4v) is 2.05. The molecule has 0 bridgehead atoms. The van der Waals surface area contributed by atoms with Crippen molar-refractivity contribution < 1.29 is 14.3 Å². The van der Waals surface area contributed by atoms with Gasteiger partial charge in [0, 0.05) is 0 Å². The molecule has 0 N–H and O–H groups in total. The van der Waals surface area contributed by atoms with Crippen LogP contribution >= 0.6 is 0 Å². The molecular weight excluding hydrogens is 278 g/mol. The van der Waals surface area contributed by atoms with E-state index in [0.29, 0.717) is 17.1 Å².